The summed E-state index contributed by atoms with van der Waals surface area (Å²) >= 11 is 6.19. The van der Waals surface area contributed by atoms with Crippen molar-refractivity contribution in [3.8, 4) is 6.07 Å². The number of aliphatic hydroxyl groups is 1. The number of benzene rings is 2. The number of nitriles is 1. The lowest BCUT2D eigenvalue weighted by Crippen LogP contribution is -2.40. The topological polar surface area (TPSA) is 94.5 Å². The number of carbonyl (C=O) groups excluding carboxylic acids is 2. The molecule has 6 nitrogen and oxygen atoms in total. The number of halogens is 1. The first kappa shape index (κ1) is 22.1. The van der Waals surface area contributed by atoms with Crippen molar-refractivity contribution in [2.75, 3.05) is 6.54 Å². The summed E-state index contributed by atoms with van der Waals surface area (Å²) in [4.78, 5) is 28.2. The van der Waals surface area contributed by atoms with Crippen LogP contribution >= 0.6 is 11.6 Å². The van der Waals surface area contributed by atoms with E-state index >= 15 is 0 Å². The predicted octanol–water partition coefficient (Wildman–Crippen LogP) is 3.61. The lowest BCUT2D eigenvalue weighted by atomic mass is 9.91. The number of nitrogens with one attached hydrogen (secondary N) is 1. The molecule has 0 heterocycles. The summed E-state index contributed by atoms with van der Waals surface area (Å²) in [5.41, 5.74) is 2.60. The van der Waals surface area contributed by atoms with Crippen molar-refractivity contribution in [3.05, 3.63) is 75.1 Å². The van der Waals surface area contributed by atoms with Gasteiger partial charge in [0.2, 0.25) is 11.6 Å². The summed E-state index contributed by atoms with van der Waals surface area (Å²) < 4.78 is 0. The summed E-state index contributed by atoms with van der Waals surface area (Å²) in [5, 5.41) is 21.8. The van der Waals surface area contributed by atoms with Gasteiger partial charge in [0.15, 0.2) is 5.78 Å². The Morgan fingerprint density at radius 3 is 2.48 bits per heavy atom. The van der Waals surface area contributed by atoms with Crippen molar-refractivity contribution in [2.24, 2.45) is 5.92 Å². The van der Waals surface area contributed by atoms with Crippen molar-refractivity contribution in [2.45, 2.75) is 26.4 Å². The van der Waals surface area contributed by atoms with E-state index in [1.165, 1.54) is 31.2 Å². The third-order valence-electron chi connectivity index (χ3n) is 4.72. The fourth-order valence-corrected chi connectivity index (χ4v) is 3.10. The van der Waals surface area contributed by atoms with Crippen molar-refractivity contribution < 1.29 is 14.7 Å². The largest absolute Gasteiger partial charge is 0.393 e. The Kier molecular flexibility index (Phi) is 7.50. The molecule has 0 aliphatic carbocycles. The number of hydrogen-bond acceptors (Lipinski definition) is 4. The Balaban J connectivity index is 2.08. The third kappa shape index (κ3) is 5.42. The molecule has 148 valence electrons. The molecule has 2 atom stereocenters. The first-order valence-corrected chi connectivity index (χ1v) is 9.30. The second kappa shape index (κ2) is 9.84. The van der Waals surface area contributed by atoms with Gasteiger partial charge >= 0.3 is 0 Å². The Morgan fingerprint density at radius 1 is 1.28 bits per heavy atom. The van der Waals surface area contributed by atoms with Gasteiger partial charge in [-0.15, -0.1) is 0 Å². The second-order valence-corrected chi connectivity index (χ2v) is 7.05. The van der Waals surface area contributed by atoms with Gasteiger partial charge in [-0.05, 0) is 43.5 Å². The molecule has 1 amide bonds. The first-order valence-electron chi connectivity index (χ1n) is 8.93. The van der Waals surface area contributed by atoms with Crippen molar-refractivity contribution >= 4 is 29.0 Å². The summed E-state index contributed by atoms with van der Waals surface area (Å²) in [6, 6.07) is 11.4. The zero-order valence-corrected chi connectivity index (χ0v) is 16.8. The summed E-state index contributed by atoms with van der Waals surface area (Å²) in [7, 11) is 0. The van der Waals surface area contributed by atoms with Gasteiger partial charge < -0.3 is 10.4 Å². The molecule has 0 aliphatic rings. The molecule has 0 saturated heterocycles. The van der Waals surface area contributed by atoms with Crippen molar-refractivity contribution in [1.29, 1.82) is 5.26 Å². The van der Waals surface area contributed by atoms with Crippen LogP contribution in [0.3, 0.4) is 0 Å². The fourth-order valence-electron chi connectivity index (χ4n) is 2.87. The SMILES string of the molecule is [C-]#[N+]c1ccc(C[C@@H](C(=O)NCC(=O)c2ccc(C#N)cc2)[C@@H](C)O)c(C)c1Cl. The van der Waals surface area contributed by atoms with Crippen LogP contribution in [0, 0.1) is 30.7 Å². The predicted molar refractivity (Wildman–Crippen MR) is 110 cm³/mol. The van der Waals surface area contributed by atoms with Gasteiger partial charge in [0, 0.05) is 5.56 Å². The molecule has 0 unspecified atom stereocenters. The molecule has 2 N–H and O–H groups in total. The van der Waals surface area contributed by atoms with Crippen LogP contribution in [0.1, 0.15) is 34.0 Å². The number of aliphatic hydroxyl groups excluding tert-OH is 1. The number of Topliss-reactive ketones (excluding diaryl/α,β-unsaturated/α-hetero) is 1. The molecule has 0 saturated carbocycles. The quantitative estimate of drug-likeness (QED) is 0.539. The molecule has 0 spiro atoms. The lowest BCUT2D eigenvalue weighted by molar-refractivity contribution is -0.127. The number of rotatable bonds is 7. The van der Waals surface area contributed by atoms with Crippen molar-refractivity contribution in [1.82, 2.24) is 5.32 Å². The van der Waals surface area contributed by atoms with Crippen LogP contribution in [0.2, 0.25) is 5.02 Å². The van der Waals surface area contributed by atoms with Crippen LogP contribution in [-0.2, 0) is 11.2 Å². The van der Waals surface area contributed by atoms with E-state index in [-0.39, 0.29) is 18.7 Å². The molecule has 2 rings (SSSR count). The van der Waals surface area contributed by atoms with Crippen LogP contribution in [0.15, 0.2) is 36.4 Å². The standard InChI is InChI=1S/C22H20ClN3O3/c1-13-17(8-9-19(25-3)21(13)23)10-18(14(2)27)22(29)26-12-20(28)16-6-4-15(11-24)5-7-16/h4-9,14,18,27H,10,12H2,1-2H3,(H,26,29)/t14-,18-/m1/s1. The van der Waals surface area contributed by atoms with E-state index < -0.39 is 17.9 Å². The van der Waals surface area contributed by atoms with Crippen LogP contribution in [0.5, 0.6) is 0 Å². The van der Waals surface area contributed by atoms with E-state index in [1.54, 1.807) is 19.1 Å². The molecule has 0 bridgehead atoms. The molecule has 2 aromatic carbocycles. The minimum Gasteiger partial charge on any atom is -0.393 e. The zero-order valence-electron chi connectivity index (χ0n) is 16.1. The third-order valence-corrected chi connectivity index (χ3v) is 5.19. The summed E-state index contributed by atoms with van der Waals surface area (Å²) in [5.74, 6) is -1.53. The number of amides is 1. The van der Waals surface area contributed by atoms with Crippen LogP contribution < -0.4 is 5.32 Å². The van der Waals surface area contributed by atoms with Gasteiger partial charge in [0.1, 0.15) is 0 Å². The maximum atomic E-state index is 12.6. The van der Waals surface area contributed by atoms with Gasteiger partial charge in [-0.3, -0.25) is 9.59 Å². The average Bonchev–Trinajstić information content (AvgIpc) is 2.72. The normalized spacial score (nSPS) is 12.3. The summed E-state index contributed by atoms with van der Waals surface area (Å²) in [6.45, 7) is 10.2. The Hall–Kier alpha value is -3.19. The molecule has 0 fully saturated rings. The smallest absolute Gasteiger partial charge is 0.226 e. The zero-order chi connectivity index (χ0) is 21.6. The number of ketones is 1. The van der Waals surface area contributed by atoms with E-state index in [1.807, 2.05) is 6.07 Å². The maximum Gasteiger partial charge on any atom is 0.226 e. The minimum atomic E-state index is -0.946. The second-order valence-electron chi connectivity index (χ2n) is 6.68. The van der Waals surface area contributed by atoms with Crippen LogP contribution in [0.4, 0.5) is 5.69 Å². The molecule has 0 radical (unpaired) electrons. The molecule has 29 heavy (non-hydrogen) atoms. The van der Waals surface area contributed by atoms with E-state index in [0.29, 0.717) is 27.4 Å². The average molecular weight is 410 g/mol. The molecule has 7 heteroatoms. The van der Waals surface area contributed by atoms with Crippen LogP contribution in [-0.4, -0.2) is 29.4 Å². The Morgan fingerprint density at radius 2 is 1.93 bits per heavy atom. The summed E-state index contributed by atoms with van der Waals surface area (Å²) in [6.07, 6.45) is -0.725. The molecule has 2 aromatic rings. The van der Waals surface area contributed by atoms with Gasteiger partial charge in [0.05, 0.1) is 41.8 Å². The number of carbonyl (C=O) groups is 2. The van der Waals surface area contributed by atoms with Gasteiger partial charge in [-0.2, -0.15) is 5.26 Å². The van der Waals surface area contributed by atoms with Crippen LogP contribution in [0.25, 0.3) is 4.85 Å². The molecular formula is C22H20ClN3O3. The fraction of sp³-hybridized carbons (Fsp3) is 0.273. The monoisotopic (exact) mass is 409 g/mol. The number of nitrogens with zero attached hydrogens (tertiary/aromatic N) is 2. The highest BCUT2D eigenvalue weighted by Crippen LogP contribution is 2.31. The minimum absolute atomic E-state index is 0.218. The maximum absolute atomic E-state index is 12.6. The highest BCUT2D eigenvalue weighted by atomic mass is 35.5. The Labute approximate surface area is 174 Å². The molecule has 0 aliphatic heterocycles. The Bertz CT molecular complexity index is 1000. The molecular weight excluding hydrogens is 390 g/mol. The van der Waals surface area contributed by atoms with E-state index in [2.05, 4.69) is 10.2 Å². The molecule has 0 aromatic heterocycles. The lowest BCUT2D eigenvalue weighted by Gasteiger charge is -2.21. The van der Waals surface area contributed by atoms with E-state index in [0.717, 1.165) is 5.56 Å². The van der Waals surface area contributed by atoms with Gasteiger partial charge in [0.25, 0.3) is 0 Å². The van der Waals surface area contributed by atoms with E-state index in [9.17, 15) is 14.7 Å². The first-order chi connectivity index (χ1) is 13.8. The highest BCUT2D eigenvalue weighted by Gasteiger charge is 2.25. The number of hydrogen-bond donors (Lipinski definition) is 2. The van der Waals surface area contributed by atoms with Gasteiger partial charge in [-0.1, -0.05) is 35.9 Å². The van der Waals surface area contributed by atoms with E-state index in [4.69, 9.17) is 23.4 Å². The van der Waals surface area contributed by atoms with Gasteiger partial charge in [-0.25, -0.2) is 4.85 Å². The highest BCUT2D eigenvalue weighted by molar-refractivity contribution is 6.34. The van der Waals surface area contributed by atoms with Crippen molar-refractivity contribution in [3.63, 3.8) is 0 Å².